The number of aryl methyl sites for hydroxylation is 1. The molecular weight excluding hydrogens is 564 g/mol. The molecule has 4 rings (SSSR count). The summed E-state index contributed by atoms with van der Waals surface area (Å²) in [6.07, 6.45) is 4.89. The summed E-state index contributed by atoms with van der Waals surface area (Å²) in [5.74, 6) is -0.510. The topological polar surface area (TPSA) is 147 Å². The summed E-state index contributed by atoms with van der Waals surface area (Å²) in [6, 6.07) is 12.8. The third kappa shape index (κ3) is 8.93. The maximum atomic E-state index is 15.0. The number of amidine groups is 1. The monoisotopic (exact) mass is 601 g/mol. The van der Waals surface area contributed by atoms with Gasteiger partial charge in [0.2, 0.25) is 0 Å². The van der Waals surface area contributed by atoms with Crippen LogP contribution in [0, 0.1) is 5.82 Å². The number of nitrogens with two attached hydrogens (primary N) is 2. The first-order valence-corrected chi connectivity index (χ1v) is 14.1. The number of aromatic nitrogens is 3. The van der Waals surface area contributed by atoms with Gasteiger partial charge < -0.3 is 26.9 Å². The zero-order valence-corrected chi connectivity index (χ0v) is 24.6. The largest absolute Gasteiger partial charge is 0.400 e. The van der Waals surface area contributed by atoms with Crippen LogP contribution < -0.4 is 22.5 Å². The van der Waals surface area contributed by atoms with Crippen molar-refractivity contribution in [2.24, 2.45) is 16.5 Å². The molecule has 7 N–H and O–H groups in total. The molecule has 0 amide bonds. The van der Waals surface area contributed by atoms with E-state index in [1.165, 1.54) is 4.57 Å². The number of alkyl halides is 1. The Balaban J connectivity index is 0.00000237. The number of nitrogens with zero attached hydrogens (tertiary/aromatic N) is 3. The number of aliphatic hydroxyl groups excluding tert-OH is 1. The Kier molecular flexibility index (Phi) is 12.6. The number of rotatable bonds is 13. The van der Waals surface area contributed by atoms with Crippen molar-refractivity contribution in [2.45, 2.75) is 45.2 Å². The first-order valence-electron chi connectivity index (χ1n) is 13.7. The molecule has 2 aromatic heterocycles. The number of hydrogen-bond acceptors (Lipinski definition) is 6. The maximum Gasteiger partial charge on any atom is 0.354 e. The van der Waals surface area contributed by atoms with Crippen LogP contribution in [-0.4, -0.2) is 58.4 Å². The van der Waals surface area contributed by atoms with Crippen molar-refractivity contribution in [3.63, 3.8) is 0 Å². The Morgan fingerprint density at radius 3 is 2.62 bits per heavy atom. The zero-order valence-electron chi connectivity index (χ0n) is 23.8. The average molecular weight is 602 g/mol. The third-order valence-electron chi connectivity index (χ3n) is 6.52. The minimum absolute atomic E-state index is 0.0175. The molecular formula is C30H38ClF2N7O2. The predicted molar refractivity (Wildman–Crippen MR) is 166 cm³/mol. The zero-order chi connectivity index (χ0) is 30.6. The molecule has 9 nitrogen and oxygen atoms in total. The van der Waals surface area contributed by atoms with Gasteiger partial charge >= 0.3 is 5.69 Å². The van der Waals surface area contributed by atoms with E-state index in [9.17, 15) is 9.18 Å². The van der Waals surface area contributed by atoms with E-state index in [-0.39, 0.29) is 16.9 Å². The van der Waals surface area contributed by atoms with Gasteiger partial charge in [0, 0.05) is 43.4 Å². The summed E-state index contributed by atoms with van der Waals surface area (Å²) < 4.78 is 28.8. The fourth-order valence-electron chi connectivity index (χ4n) is 4.41. The minimum atomic E-state index is -0.729. The van der Waals surface area contributed by atoms with Crippen LogP contribution in [0.1, 0.15) is 37.3 Å². The van der Waals surface area contributed by atoms with Crippen LogP contribution in [-0.2, 0) is 13.0 Å². The van der Waals surface area contributed by atoms with E-state index in [0.717, 1.165) is 43.9 Å². The molecule has 2 aromatic carbocycles. The normalized spacial score (nSPS) is 12.3. The standard InChI is InChI=1S/C29H34ClF2N7O.CH4O/c1-18(33)4-2-5-20-12-23(27(32)24(30)13-20)25-14-21-17-39(29(40)38-28(21)37-25)22-8-6-19(7-9-22)16-35-10-3-11-36-26(34)15-31;1-2/h6-9,12-14,17-18,35H,2-5,10-11,15-16,33H2,1H3,(H2,34,36)(H,37,38,40);2H,1H3. The maximum absolute atomic E-state index is 15.0. The van der Waals surface area contributed by atoms with Gasteiger partial charge in [0.1, 0.15) is 18.2 Å². The molecule has 226 valence electrons. The van der Waals surface area contributed by atoms with E-state index in [1.807, 2.05) is 31.2 Å². The van der Waals surface area contributed by atoms with Gasteiger partial charge in [0.25, 0.3) is 0 Å². The molecule has 0 bridgehead atoms. The van der Waals surface area contributed by atoms with Crippen LogP contribution in [0.4, 0.5) is 8.78 Å². The quantitative estimate of drug-likeness (QED) is 0.0879. The second kappa shape index (κ2) is 16.1. The molecule has 0 saturated heterocycles. The third-order valence-corrected chi connectivity index (χ3v) is 6.79. The van der Waals surface area contributed by atoms with Crippen molar-refractivity contribution in [1.82, 2.24) is 19.9 Å². The number of aromatic amines is 1. The summed E-state index contributed by atoms with van der Waals surface area (Å²) in [6.45, 7) is 3.04. The van der Waals surface area contributed by atoms with E-state index < -0.39 is 18.2 Å². The minimum Gasteiger partial charge on any atom is -0.400 e. The summed E-state index contributed by atoms with van der Waals surface area (Å²) >= 11 is 6.21. The van der Waals surface area contributed by atoms with Crippen LogP contribution in [0.25, 0.3) is 28.0 Å². The number of halogens is 3. The van der Waals surface area contributed by atoms with E-state index in [0.29, 0.717) is 47.6 Å². The van der Waals surface area contributed by atoms with Gasteiger partial charge in [-0.2, -0.15) is 4.98 Å². The molecule has 0 saturated carbocycles. The van der Waals surface area contributed by atoms with Crippen molar-refractivity contribution < 1.29 is 13.9 Å². The Labute approximate surface area is 248 Å². The van der Waals surface area contributed by atoms with Gasteiger partial charge in [-0.05, 0) is 80.6 Å². The average Bonchev–Trinajstić information content (AvgIpc) is 3.39. The van der Waals surface area contributed by atoms with Crippen molar-refractivity contribution in [2.75, 3.05) is 26.9 Å². The number of H-pyrrole nitrogens is 1. The van der Waals surface area contributed by atoms with Gasteiger partial charge in [-0.25, -0.2) is 13.6 Å². The number of aliphatic imine (C=N–C) groups is 1. The van der Waals surface area contributed by atoms with Crippen molar-refractivity contribution in [3.8, 4) is 16.9 Å². The number of hydrogen-bond donors (Lipinski definition) is 5. The van der Waals surface area contributed by atoms with Gasteiger partial charge in [0.15, 0.2) is 5.82 Å². The lowest BCUT2D eigenvalue weighted by Crippen LogP contribution is -2.20. The lowest BCUT2D eigenvalue weighted by atomic mass is 10.0. The molecule has 4 aromatic rings. The van der Waals surface area contributed by atoms with Gasteiger partial charge in [-0.3, -0.25) is 9.56 Å². The number of aliphatic hydroxyl groups is 1. The number of benzene rings is 2. The van der Waals surface area contributed by atoms with Gasteiger partial charge in [-0.15, -0.1) is 0 Å². The predicted octanol–water partition coefficient (Wildman–Crippen LogP) is 4.26. The highest BCUT2D eigenvalue weighted by Crippen LogP contribution is 2.31. The summed E-state index contributed by atoms with van der Waals surface area (Å²) in [4.78, 5) is 24.0. The van der Waals surface area contributed by atoms with Crippen LogP contribution >= 0.6 is 11.6 Å². The first-order chi connectivity index (χ1) is 20.2. The molecule has 0 aliphatic carbocycles. The number of fused-ring (bicyclic) bond motifs is 1. The second-order valence-electron chi connectivity index (χ2n) is 9.89. The van der Waals surface area contributed by atoms with E-state index in [4.69, 9.17) is 28.2 Å². The Hall–Kier alpha value is -3.64. The molecule has 42 heavy (non-hydrogen) atoms. The van der Waals surface area contributed by atoms with E-state index in [2.05, 4.69) is 20.3 Å². The summed E-state index contributed by atoms with van der Waals surface area (Å²) in [7, 11) is 1.00. The fourth-order valence-corrected chi connectivity index (χ4v) is 4.66. The van der Waals surface area contributed by atoms with Gasteiger partial charge in [0.05, 0.1) is 16.4 Å². The van der Waals surface area contributed by atoms with Crippen molar-refractivity contribution in [3.05, 3.63) is 81.1 Å². The molecule has 12 heteroatoms. The molecule has 1 atom stereocenters. The lowest BCUT2D eigenvalue weighted by Gasteiger charge is -2.09. The molecule has 0 spiro atoms. The Morgan fingerprint density at radius 2 is 1.93 bits per heavy atom. The van der Waals surface area contributed by atoms with Crippen LogP contribution in [0.3, 0.4) is 0 Å². The summed E-state index contributed by atoms with van der Waals surface area (Å²) in [5.41, 5.74) is 14.5. The first kappa shape index (κ1) is 32.9. The highest BCUT2D eigenvalue weighted by atomic mass is 35.5. The van der Waals surface area contributed by atoms with Crippen LogP contribution in [0.15, 0.2) is 58.4 Å². The molecule has 1 unspecified atom stereocenters. The van der Waals surface area contributed by atoms with E-state index >= 15 is 4.39 Å². The van der Waals surface area contributed by atoms with Crippen LogP contribution in [0.2, 0.25) is 5.02 Å². The van der Waals surface area contributed by atoms with Gasteiger partial charge in [-0.1, -0.05) is 23.7 Å². The highest BCUT2D eigenvalue weighted by Gasteiger charge is 2.15. The molecule has 2 heterocycles. The SMILES string of the molecule is CC(N)CCCc1cc(Cl)c(F)c(-c2cc3cn(-c4ccc(CNCCCN=C(N)CF)cc4)c(=O)nc3[nH]2)c1.CO. The van der Waals surface area contributed by atoms with Crippen molar-refractivity contribution in [1.29, 1.82) is 0 Å². The molecule has 0 fully saturated rings. The number of nitrogens with one attached hydrogen (secondary N) is 2. The second-order valence-corrected chi connectivity index (χ2v) is 10.3. The Bertz CT molecular complexity index is 1540. The van der Waals surface area contributed by atoms with Crippen molar-refractivity contribution >= 4 is 28.5 Å². The fraction of sp³-hybridized carbons (Fsp3) is 0.367. The summed E-state index contributed by atoms with van der Waals surface area (Å²) in [5, 5.41) is 11.0. The lowest BCUT2D eigenvalue weighted by molar-refractivity contribution is 0.399. The highest BCUT2D eigenvalue weighted by molar-refractivity contribution is 6.31. The molecule has 0 radical (unpaired) electrons. The van der Waals surface area contributed by atoms with Crippen LogP contribution in [0.5, 0.6) is 0 Å². The smallest absolute Gasteiger partial charge is 0.354 e. The molecule has 0 aliphatic rings. The van der Waals surface area contributed by atoms with E-state index in [1.54, 1.807) is 24.4 Å². The molecule has 0 aliphatic heterocycles. The Morgan fingerprint density at radius 1 is 1.19 bits per heavy atom.